The molecule has 0 aliphatic carbocycles. The number of rotatable bonds is 7. The highest BCUT2D eigenvalue weighted by atomic mass is 35.5. The number of fused-ring (bicyclic) bond motifs is 1. The quantitative estimate of drug-likeness (QED) is 0.426. The molecule has 0 saturated heterocycles. The first-order valence-corrected chi connectivity index (χ1v) is 10.5. The summed E-state index contributed by atoms with van der Waals surface area (Å²) in [5.41, 5.74) is 1.64. The Kier molecular flexibility index (Phi) is 6.51. The molecule has 3 aromatic carbocycles. The number of nitrogens with zero attached hydrogens (tertiary/aromatic N) is 1. The van der Waals surface area contributed by atoms with Gasteiger partial charge in [0.25, 0.3) is 17.7 Å². The second-order valence-electron chi connectivity index (χ2n) is 7.40. The van der Waals surface area contributed by atoms with E-state index in [2.05, 4.69) is 5.32 Å². The summed E-state index contributed by atoms with van der Waals surface area (Å²) >= 11 is 5.91. The molecule has 1 atom stereocenters. The summed E-state index contributed by atoms with van der Waals surface area (Å²) in [7, 11) is 0. The summed E-state index contributed by atoms with van der Waals surface area (Å²) in [6.45, 7) is -0.584. The first-order valence-electron chi connectivity index (χ1n) is 10.2. The number of carbonyl (C=O) groups is 4. The van der Waals surface area contributed by atoms with Gasteiger partial charge in [0.2, 0.25) is 0 Å². The molecule has 0 aromatic heterocycles. The Morgan fingerprint density at radius 3 is 2.15 bits per heavy atom. The molecule has 0 unspecified atom stereocenters. The number of hydrogen-bond acceptors (Lipinski definition) is 5. The van der Waals surface area contributed by atoms with Crippen LogP contribution in [0.5, 0.6) is 0 Å². The molecule has 1 heterocycles. The summed E-state index contributed by atoms with van der Waals surface area (Å²) < 4.78 is 5.22. The van der Waals surface area contributed by atoms with Crippen molar-refractivity contribution in [2.75, 3.05) is 11.9 Å². The lowest BCUT2D eigenvalue weighted by atomic mass is 10.0. The van der Waals surface area contributed by atoms with Crippen molar-refractivity contribution in [2.24, 2.45) is 0 Å². The van der Waals surface area contributed by atoms with Crippen LogP contribution in [0.15, 0.2) is 78.9 Å². The Bertz CT molecular complexity index is 1190. The van der Waals surface area contributed by atoms with Crippen LogP contribution in [0.4, 0.5) is 5.69 Å². The van der Waals surface area contributed by atoms with Crippen molar-refractivity contribution in [1.82, 2.24) is 4.90 Å². The number of esters is 1. The van der Waals surface area contributed by atoms with Gasteiger partial charge >= 0.3 is 5.97 Å². The van der Waals surface area contributed by atoms with Crippen molar-refractivity contribution in [3.05, 3.63) is 101 Å². The molecule has 7 nitrogen and oxygen atoms in total. The minimum atomic E-state index is -1.22. The van der Waals surface area contributed by atoms with E-state index in [1.165, 1.54) is 0 Å². The predicted molar refractivity (Wildman–Crippen MR) is 122 cm³/mol. The van der Waals surface area contributed by atoms with Gasteiger partial charge in [-0.15, -0.1) is 0 Å². The molecular formula is C25H19ClN2O5. The fourth-order valence-electron chi connectivity index (χ4n) is 3.60. The summed E-state index contributed by atoms with van der Waals surface area (Å²) in [6, 6.07) is 20.6. The highest BCUT2D eigenvalue weighted by Crippen LogP contribution is 2.26. The van der Waals surface area contributed by atoms with E-state index in [0.29, 0.717) is 10.7 Å². The van der Waals surface area contributed by atoms with Gasteiger partial charge in [-0.2, -0.15) is 0 Å². The van der Waals surface area contributed by atoms with Crippen LogP contribution in [-0.2, 0) is 20.7 Å². The second-order valence-corrected chi connectivity index (χ2v) is 7.83. The number of nitrogens with one attached hydrogen (secondary N) is 1. The minimum Gasteiger partial charge on any atom is -0.454 e. The SMILES string of the molecule is O=C(COC(=O)[C@@H](Cc1ccccc1)N1C(=O)c2ccccc2C1=O)Nc1cccc(Cl)c1. The lowest BCUT2D eigenvalue weighted by molar-refractivity contribution is -0.151. The fraction of sp³-hybridized carbons (Fsp3) is 0.120. The molecule has 1 aliphatic heterocycles. The average molecular weight is 463 g/mol. The van der Waals surface area contributed by atoms with Crippen LogP contribution in [-0.4, -0.2) is 41.2 Å². The van der Waals surface area contributed by atoms with E-state index in [-0.39, 0.29) is 17.5 Å². The second kappa shape index (κ2) is 9.67. The van der Waals surface area contributed by atoms with Gasteiger partial charge in [-0.05, 0) is 35.9 Å². The summed E-state index contributed by atoms with van der Waals surface area (Å²) in [4.78, 5) is 52.1. The molecule has 0 fully saturated rings. The van der Waals surface area contributed by atoms with Crippen LogP contribution in [0.2, 0.25) is 5.02 Å². The topological polar surface area (TPSA) is 92.8 Å². The first kappa shape index (κ1) is 22.2. The van der Waals surface area contributed by atoms with Gasteiger partial charge in [0, 0.05) is 17.1 Å². The van der Waals surface area contributed by atoms with E-state index < -0.39 is 36.3 Å². The monoisotopic (exact) mass is 462 g/mol. The van der Waals surface area contributed by atoms with Crippen molar-refractivity contribution >= 4 is 41.0 Å². The van der Waals surface area contributed by atoms with Crippen LogP contribution < -0.4 is 5.32 Å². The summed E-state index contributed by atoms with van der Waals surface area (Å²) in [5.74, 6) is -2.57. The zero-order valence-corrected chi connectivity index (χ0v) is 18.1. The van der Waals surface area contributed by atoms with E-state index in [9.17, 15) is 19.2 Å². The van der Waals surface area contributed by atoms with Crippen molar-refractivity contribution in [1.29, 1.82) is 0 Å². The minimum absolute atomic E-state index is 0.0566. The molecule has 0 radical (unpaired) electrons. The number of imide groups is 1. The number of amides is 3. The molecule has 0 spiro atoms. The highest BCUT2D eigenvalue weighted by Gasteiger charge is 2.43. The lowest BCUT2D eigenvalue weighted by Gasteiger charge is -2.24. The van der Waals surface area contributed by atoms with Gasteiger partial charge in [-0.25, -0.2) is 4.79 Å². The standard InChI is InChI=1S/C25H19ClN2O5/c26-17-9-6-10-18(14-17)27-22(29)15-33-25(32)21(13-16-7-2-1-3-8-16)28-23(30)19-11-4-5-12-20(19)24(28)31/h1-12,14,21H,13,15H2,(H,27,29)/t21-/m1/s1. The molecule has 3 amide bonds. The zero-order chi connectivity index (χ0) is 23.4. The Morgan fingerprint density at radius 2 is 1.52 bits per heavy atom. The van der Waals surface area contributed by atoms with Crippen LogP contribution in [0.25, 0.3) is 0 Å². The van der Waals surface area contributed by atoms with Gasteiger partial charge in [0.05, 0.1) is 11.1 Å². The molecule has 3 aromatic rings. The number of ether oxygens (including phenoxy) is 1. The Hall–Kier alpha value is -3.97. The lowest BCUT2D eigenvalue weighted by Crippen LogP contribution is -2.47. The van der Waals surface area contributed by atoms with E-state index in [1.807, 2.05) is 6.07 Å². The van der Waals surface area contributed by atoms with Gasteiger partial charge in [0.1, 0.15) is 6.04 Å². The largest absolute Gasteiger partial charge is 0.454 e. The third-order valence-corrected chi connectivity index (χ3v) is 5.37. The molecule has 4 rings (SSSR count). The third-order valence-electron chi connectivity index (χ3n) is 5.14. The maximum atomic E-state index is 13.0. The van der Waals surface area contributed by atoms with Crippen molar-refractivity contribution in [3.63, 3.8) is 0 Å². The Labute approximate surface area is 194 Å². The average Bonchev–Trinajstić information content (AvgIpc) is 3.07. The van der Waals surface area contributed by atoms with E-state index in [0.717, 1.165) is 10.5 Å². The van der Waals surface area contributed by atoms with Crippen molar-refractivity contribution in [2.45, 2.75) is 12.5 Å². The fourth-order valence-corrected chi connectivity index (χ4v) is 3.79. The number of anilines is 1. The number of carbonyl (C=O) groups excluding carboxylic acids is 4. The molecule has 33 heavy (non-hydrogen) atoms. The Morgan fingerprint density at radius 1 is 0.879 bits per heavy atom. The van der Waals surface area contributed by atoms with Crippen LogP contribution in [0.3, 0.4) is 0 Å². The molecule has 1 aliphatic rings. The van der Waals surface area contributed by atoms with Crippen LogP contribution >= 0.6 is 11.6 Å². The first-order chi connectivity index (χ1) is 15.9. The normalized spacial score (nSPS) is 13.4. The maximum absolute atomic E-state index is 13.0. The summed E-state index contributed by atoms with van der Waals surface area (Å²) in [6.07, 6.45) is 0.0566. The molecule has 1 N–H and O–H groups in total. The molecule has 8 heteroatoms. The van der Waals surface area contributed by atoms with E-state index in [4.69, 9.17) is 16.3 Å². The zero-order valence-electron chi connectivity index (χ0n) is 17.4. The van der Waals surface area contributed by atoms with Crippen molar-refractivity contribution in [3.8, 4) is 0 Å². The van der Waals surface area contributed by atoms with Gasteiger partial charge in [0.15, 0.2) is 6.61 Å². The predicted octanol–water partition coefficient (Wildman–Crippen LogP) is 3.73. The van der Waals surface area contributed by atoms with Gasteiger partial charge in [-0.1, -0.05) is 60.1 Å². The molecule has 0 saturated carbocycles. The number of benzene rings is 3. The van der Waals surface area contributed by atoms with Crippen LogP contribution in [0, 0.1) is 0 Å². The van der Waals surface area contributed by atoms with Crippen molar-refractivity contribution < 1.29 is 23.9 Å². The maximum Gasteiger partial charge on any atom is 0.330 e. The molecule has 0 bridgehead atoms. The van der Waals surface area contributed by atoms with E-state index >= 15 is 0 Å². The van der Waals surface area contributed by atoms with Crippen LogP contribution in [0.1, 0.15) is 26.3 Å². The molecule has 166 valence electrons. The van der Waals surface area contributed by atoms with Gasteiger partial charge in [-0.3, -0.25) is 19.3 Å². The highest BCUT2D eigenvalue weighted by molar-refractivity contribution is 6.30. The van der Waals surface area contributed by atoms with Gasteiger partial charge < -0.3 is 10.1 Å². The third kappa shape index (κ3) is 4.94. The number of hydrogen-bond donors (Lipinski definition) is 1. The number of halogens is 1. The smallest absolute Gasteiger partial charge is 0.330 e. The van der Waals surface area contributed by atoms with E-state index in [1.54, 1.807) is 72.8 Å². The summed E-state index contributed by atoms with van der Waals surface area (Å²) in [5, 5.41) is 3.02. The molecular weight excluding hydrogens is 444 g/mol. The Balaban J connectivity index is 1.51.